The molecule has 0 aliphatic carbocycles. The standard InChI is InChI=1S/C12H16F2O/c1-8(2)6-9-4-3-5-10(7-9)11(15)12(13)14/h3-5,7-8,11-12,15H,6H2,1-2H3. The maximum atomic E-state index is 12.3. The largest absolute Gasteiger partial charge is 0.382 e. The van der Waals surface area contributed by atoms with E-state index in [9.17, 15) is 13.9 Å². The zero-order valence-corrected chi connectivity index (χ0v) is 8.95. The van der Waals surface area contributed by atoms with E-state index in [4.69, 9.17) is 0 Å². The molecule has 3 heteroatoms. The van der Waals surface area contributed by atoms with Crippen LogP contribution in [-0.2, 0) is 6.42 Å². The molecule has 0 aromatic heterocycles. The van der Waals surface area contributed by atoms with Gasteiger partial charge in [-0.1, -0.05) is 38.1 Å². The van der Waals surface area contributed by atoms with Crippen LogP contribution in [0.2, 0.25) is 0 Å². The lowest BCUT2D eigenvalue weighted by Gasteiger charge is -2.12. The van der Waals surface area contributed by atoms with Crippen LogP contribution in [0.25, 0.3) is 0 Å². The van der Waals surface area contributed by atoms with Crippen LogP contribution in [0.1, 0.15) is 31.1 Å². The quantitative estimate of drug-likeness (QED) is 0.816. The summed E-state index contributed by atoms with van der Waals surface area (Å²) < 4.78 is 24.5. The highest BCUT2D eigenvalue weighted by atomic mass is 19.3. The molecule has 0 saturated carbocycles. The van der Waals surface area contributed by atoms with Gasteiger partial charge >= 0.3 is 0 Å². The highest BCUT2D eigenvalue weighted by molar-refractivity contribution is 5.25. The number of halogens is 2. The fourth-order valence-corrected chi connectivity index (χ4v) is 1.52. The van der Waals surface area contributed by atoms with Crippen molar-refractivity contribution in [1.82, 2.24) is 0 Å². The van der Waals surface area contributed by atoms with E-state index in [-0.39, 0.29) is 0 Å². The third-order valence-corrected chi connectivity index (χ3v) is 2.18. The van der Waals surface area contributed by atoms with Crippen molar-refractivity contribution in [3.63, 3.8) is 0 Å². The maximum absolute atomic E-state index is 12.3. The summed E-state index contributed by atoms with van der Waals surface area (Å²) in [5, 5.41) is 9.21. The molecule has 0 saturated heterocycles. The lowest BCUT2D eigenvalue weighted by molar-refractivity contribution is -0.00581. The molecule has 0 heterocycles. The Morgan fingerprint density at radius 2 is 1.93 bits per heavy atom. The molecular weight excluding hydrogens is 198 g/mol. The second-order valence-corrected chi connectivity index (χ2v) is 4.12. The van der Waals surface area contributed by atoms with E-state index in [1.807, 2.05) is 6.07 Å². The van der Waals surface area contributed by atoms with Crippen molar-refractivity contribution in [3.8, 4) is 0 Å². The number of alkyl halides is 2. The molecule has 15 heavy (non-hydrogen) atoms. The van der Waals surface area contributed by atoms with Crippen molar-refractivity contribution in [2.75, 3.05) is 0 Å². The Morgan fingerprint density at radius 1 is 1.27 bits per heavy atom. The molecular formula is C12H16F2O. The van der Waals surface area contributed by atoms with Gasteiger partial charge in [-0.05, 0) is 23.5 Å². The smallest absolute Gasteiger partial charge is 0.268 e. The van der Waals surface area contributed by atoms with E-state index in [1.54, 1.807) is 12.1 Å². The van der Waals surface area contributed by atoms with Crippen molar-refractivity contribution >= 4 is 0 Å². The minimum atomic E-state index is -2.72. The predicted molar refractivity (Wildman–Crippen MR) is 55.9 cm³/mol. The average Bonchev–Trinajstić information content (AvgIpc) is 2.16. The summed E-state index contributed by atoms with van der Waals surface area (Å²) in [6.45, 7) is 4.13. The molecule has 1 nitrogen and oxygen atoms in total. The van der Waals surface area contributed by atoms with Gasteiger partial charge in [0.1, 0.15) is 6.10 Å². The molecule has 1 aromatic carbocycles. The van der Waals surface area contributed by atoms with Crippen LogP contribution in [0.5, 0.6) is 0 Å². The molecule has 1 rings (SSSR count). The lowest BCUT2D eigenvalue weighted by atomic mass is 9.99. The molecule has 0 radical (unpaired) electrons. The van der Waals surface area contributed by atoms with Crippen LogP contribution in [-0.4, -0.2) is 11.5 Å². The van der Waals surface area contributed by atoms with E-state index < -0.39 is 12.5 Å². The highest BCUT2D eigenvalue weighted by Crippen LogP contribution is 2.22. The molecule has 84 valence electrons. The monoisotopic (exact) mass is 214 g/mol. The zero-order chi connectivity index (χ0) is 11.4. The van der Waals surface area contributed by atoms with Gasteiger partial charge in [0, 0.05) is 0 Å². The van der Waals surface area contributed by atoms with Crippen molar-refractivity contribution in [2.45, 2.75) is 32.8 Å². The van der Waals surface area contributed by atoms with Gasteiger partial charge in [0.2, 0.25) is 0 Å². The SMILES string of the molecule is CC(C)Cc1cccc(C(O)C(F)F)c1. The van der Waals surface area contributed by atoms with Crippen molar-refractivity contribution < 1.29 is 13.9 Å². The average molecular weight is 214 g/mol. The second-order valence-electron chi connectivity index (χ2n) is 4.12. The Labute approximate surface area is 88.7 Å². The number of aliphatic hydroxyl groups excluding tert-OH is 1. The fourth-order valence-electron chi connectivity index (χ4n) is 1.52. The van der Waals surface area contributed by atoms with Crippen molar-refractivity contribution in [3.05, 3.63) is 35.4 Å². The Balaban J connectivity index is 2.82. The Bertz CT molecular complexity index is 310. The van der Waals surface area contributed by atoms with E-state index >= 15 is 0 Å². The van der Waals surface area contributed by atoms with E-state index in [2.05, 4.69) is 13.8 Å². The molecule has 1 unspecified atom stereocenters. The number of hydrogen-bond donors (Lipinski definition) is 1. The first-order valence-corrected chi connectivity index (χ1v) is 5.05. The Kier molecular flexibility index (Phi) is 4.21. The molecule has 1 atom stereocenters. The summed E-state index contributed by atoms with van der Waals surface area (Å²) in [5.74, 6) is 0.476. The van der Waals surface area contributed by atoms with Gasteiger partial charge in [-0.2, -0.15) is 0 Å². The van der Waals surface area contributed by atoms with E-state index in [0.29, 0.717) is 11.5 Å². The summed E-state index contributed by atoms with van der Waals surface area (Å²) in [5.41, 5.74) is 1.28. The third-order valence-electron chi connectivity index (χ3n) is 2.18. The lowest BCUT2D eigenvalue weighted by Crippen LogP contribution is -2.08. The van der Waals surface area contributed by atoms with Crippen LogP contribution in [0.15, 0.2) is 24.3 Å². The summed E-state index contributed by atoms with van der Waals surface area (Å²) >= 11 is 0. The normalized spacial score (nSPS) is 13.5. The summed E-state index contributed by atoms with van der Waals surface area (Å²) in [4.78, 5) is 0. The zero-order valence-electron chi connectivity index (χ0n) is 8.95. The van der Waals surface area contributed by atoms with Gasteiger partial charge in [0.15, 0.2) is 0 Å². The van der Waals surface area contributed by atoms with Crippen LogP contribution >= 0.6 is 0 Å². The third kappa shape index (κ3) is 3.59. The van der Waals surface area contributed by atoms with Crippen molar-refractivity contribution in [2.24, 2.45) is 5.92 Å². The van der Waals surface area contributed by atoms with Gasteiger partial charge in [0.05, 0.1) is 0 Å². The van der Waals surface area contributed by atoms with E-state index in [0.717, 1.165) is 12.0 Å². The number of rotatable bonds is 4. The van der Waals surface area contributed by atoms with Crippen LogP contribution < -0.4 is 0 Å². The minimum Gasteiger partial charge on any atom is -0.382 e. The molecule has 0 bridgehead atoms. The topological polar surface area (TPSA) is 20.2 Å². The number of benzene rings is 1. The predicted octanol–water partition coefficient (Wildman–Crippen LogP) is 3.18. The first kappa shape index (κ1) is 12.1. The molecule has 0 aliphatic rings. The summed E-state index contributed by atoms with van der Waals surface area (Å²) in [6, 6.07) is 6.78. The second kappa shape index (κ2) is 5.21. The highest BCUT2D eigenvalue weighted by Gasteiger charge is 2.18. The van der Waals surface area contributed by atoms with Crippen molar-refractivity contribution in [1.29, 1.82) is 0 Å². The molecule has 0 fully saturated rings. The first-order valence-electron chi connectivity index (χ1n) is 5.05. The molecule has 1 aromatic rings. The Morgan fingerprint density at radius 3 is 2.47 bits per heavy atom. The summed E-state index contributed by atoms with van der Waals surface area (Å²) in [7, 11) is 0. The van der Waals surface area contributed by atoms with Crippen LogP contribution in [0, 0.1) is 5.92 Å². The summed E-state index contributed by atoms with van der Waals surface area (Å²) in [6.07, 6.45) is -3.56. The van der Waals surface area contributed by atoms with Crippen LogP contribution in [0.4, 0.5) is 8.78 Å². The number of aliphatic hydroxyl groups is 1. The van der Waals surface area contributed by atoms with Crippen LogP contribution in [0.3, 0.4) is 0 Å². The fraction of sp³-hybridized carbons (Fsp3) is 0.500. The minimum absolute atomic E-state index is 0.295. The van der Waals surface area contributed by atoms with Gasteiger partial charge in [0.25, 0.3) is 6.43 Å². The van der Waals surface area contributed by atoms with Gasteiger partial charge in [-0.25, -0.2) is 8.78 Å². The maximum Gasteiger partial charge on any atom is 0.268 e. The molecule has 0 amide bonds. The molecule has 0 aliphatic heterocycles. The first-order chi connectivity index (χ1) is 7.00. The Hall–Kier alpha value is -0.960. The van der Waals surface area contributed by atoms with E-state index in [1.165, 1.54) is 6.07 Å². The van der Waals surface area contributed by atoms with Gasteiger partial charge < -0.3 is 5.11 Å². The van der Waals surface area contributed by atoms with Gasteiger partial charge in [-0.15, -0.1) is 0 Å². The number of hydrogen-bond acceptors (Lipinski definition) is 1. The molecule has 0 spiro atoms. The van der Waals surface area contributed by atoms with Gasteiger partial charge in [-0.3, -0.25) is 0 Å². The molecule has 1 N–H and O–H groups in total.